The number of hydrogen-bond acceptors (Lipinski definition) is 2. The summed E-state index contributed by atoms with van der Waals surface area (Å²) in [6, 6.07) is 86.2. The highest BCUT2D eigenvalue weighted by Gasteiger charge is 2.74. The zero-order valence-corrected chi connectivity index (χ0v) is 44.9. The second-order valence-electron chi connectivity index (χ2n) is 24.0. The Hall–Kier alpha value is -8.46. The Morgan fingerprint density at radius 3 is 1.72 bits per heavy atom. The molecular formula is C77H62N2. The van der Waals surface area contributed by atoms with Crippen LogP contribution in [-0.4, -0.2) is 9.97 Å². The van der Waals surface area contributed by atoms with Gasteiger partial charge < -0.3 is 0 Å². The summed E-state index contributed by atoms with van der Waals surface area (Å²) >= 11 is 0. The molecule has 6 aliphatic rings. The van der Waals surface area contributed by atoms with Gasteiger partial charge in [-0.25, -0.2) is 9.97 Å². The summed E-state index contributed by atoms with van der Waals surface area (Å²) in [7, 11) is 0. The zero-order chi connectivity index (χ0) is 52.3. The first-order valence-electron chi connectivity index (χ1n) is 29.1. The maximum absolute atomic E-state index is 5.32. The minimum Gasteiger partial charge on any atom is -0.228 e. The van der Waals surface area contributed by atoms with Crippen molar-refractivity contribution >= 4 is 5.57 Å². The summed E-state index contributed by atoms with van der Waals surface area (Å²) in [5, 5.41) is 0. The van der Waals surface area contributed by atoms with Crippen molar-refractivity contribution in [2.24, 2.45) is 5.92 Å². The molecule has 6 aliphatic carbocycles. The van der Waals surface area contributed by atoms with E-state index in [0.29, 0.717) is 17.8 Å². The van der Waals surface area contributed by atoms with Crippen LogP contribution in [0.15, 0.2) is 243 Å². The molecule has 3 saturated carbocycles. The fourth-order valence-electron chi connectivity index (χ4n) is 17.4. The number of fused-ring (bicyclic) bond motifs is 9. The van der Waals surface area contributed by atoms with E-state index < -0.39 is 0 Å². The summed E-state index contributed by atoms with van der Waals surface area (Å²) in [4.78, 5) is 10.6. The van der Waals surface area contributed by atoms with E-state index in [0.717, 1.165) is 66.0 Å². The van der Waals surface area contributed by atoms with Gasteiger partial charge in [0.05, 0.1) is 11.4 Å². The molecule has 79 heavy (non-hydrogen) atoms. The summed E-state index contributed by atoms with van der Waals surface area (Å²) in [5.41, 5.74) is 27.4. The van der Waals surface area contributed by atoms with Crippen molar-refractivity contribution in [3.63, 3.8) is 0 Å². The van der Waals surface area contributed by atoms with Gasteiger partial charge in [-0.1, -0.05) is 237 Å². The standard InChI is InChI=1S/C77H62N2/c1-50-19-8-9-24-59(50)63-28-15-17-32-68(63)77-44-18-43-75-47-58(48-76(74(75)77)49-70(77)65-30-13-12-27-62(65)64-29-14-16-31-67(64)76)60-25-10-11-26-61(60)66-42-41-57(45-69(66)75)53-35-39-56(40-36-53)73-78-71(54-22-6-3-7-23-54)46-72(79-73)55-37-33-52(34-38-55)51-20-4-2-5-21-51/h3-4,6-17,19-42,45-46,58,70,74H,2,5,18,43-44,47-49H2,1H3. The van der Waals surface area contributed by atoms with E-state index in [1.807, 2.05) is 0 Å². The molecule has 0 radical (unpaired) electrons. The van der Waals surface area contributed by atoms with Crippen molar-refractivity contribution in [1.82, 2.24) is 9.97 Å². The molecule has 0 N–H and O–H groups in total. The highest BCUT2D eigenvalue weighted by Crippen LogP contribution is 2.80. The number of hydrogen-bond donors (Lipinski definition) is 0. The molecule has 2 nitrogen and oxygen atoms in total. The Morgan fingerprint density at radius 2 is 0.975 bits per heavy atom. The van der Waals surface area contributed by atoms with Gasteiger partial charge in [0.15, 0.2) is 5.82 Å². The van der Waals surface area contributed by atoms with Gasteiger partial charge in [-0.3, -0.25) is 0 Å². The third kappa shape index (κ3) is 7.02. The highest BCUT2D eigenvalue weighted by molar-refractivity contribution is 5.84. The Morgan fingerprint density at radius 1 is 0.405 bits per heavy atom. The Kier molecular flexibility index (Phi) is 10.7. The molecule has 9 aromatic carbocycles. The van der Waals surface area contributed by atoms with E-state index >= 15 is 0 Å². The highest BCUT2D eigenvalue weighted by atomic mass is 14.9. The van der Waals surface area contributed by atoms with Crippen LogP contribution in [0.3, 0.4) is 0 Å². The molecule has 10 aromatic rings. The van der Waals surface area contributed by atoms with Crippen molar-refractivity contribution in [3.8, 4) is 78.4 Å². The lowest BCUT2D eigenvalue weighted by Crippen LogP contribution is -2.60. The van der Waals surface area contributed by atoms with Crippen LogP contribution in [0.4, 0.5) is 0 Å². The van der Waals surface area contributed by atoms with Gasteiger partial charge in [0.1, 0.15) is 0 Å². The van der Waals surface area contributed by atoms with Gasteiger partial charge in [-0.2, -0.15) is 0 Å². The van der Waals surface area contributed by atoms with E-state index in [-0.39, 0.29) is 16.2 Å². The summed E-state index contributed by atoms with van der Waals surface area (Å²) in [6.45, 7) is 2.31. The minimum atomic E-state index is -0.128. The molecule has 6 atom stereocenters. The minimum absolute atomic E-state index is 0.0751. The van der Waals surface area contributed by atoms with Gasteiger partial charge in [-0.05, 0) is 171 Å². The molecule has 0 saturated heterocycles. The second-order valence-corrected chi connectivity index (χ2v) is 24.0. The van der Waals surface area contributed by atoms with Crippen molar-refractivity contribution in [2.45, 2.75) is 86.4 Å². The fourth-order valence-corrected chi connectivity index (χ4v) is 17.4. The average molecular weight is 1020 g/mol. The third-order valence-corrected chi connectivity index (χ3v) is 20.2. The Bertz CT molecular complexity index is 4120. The van der Waals surface area contributed by atoms with Gasteiger partial charge in [0, 0.05) is 32.9 Å². The molecule has 4 bridgehead atoms. The van der Waals surface area contributed by atoms with E-state index in [2.05, 4.69) is 250 Å². The van der Waals surface area contributed by atoms with Gasteiger partial charge in [-0.15, -0.1) is 0 Å². The number of aromatic nitrogens is 2. The van der Waals surface area contributed by atoms with Crippen molar-refractivity contribution in [1.29, 1.82) is 0 Å². The first kappa shape index (κ1) is 46.6. The normalized spacial score (nSPS) is 23.7. The molecule has 2 heteroatoms. The topological polar surface area (TPSA) is 25.8 Å². The molecule has 0 amide bonds. The SMILES string of the molecule is Cc1ccccc1-c1ccccc1C12CCCC34CC(CC5(CC1c1ccccc1-c1ccccc15)C32)c1ccccc1-c1ccc(-c2ccc(-c3nc(-c5ccccc5)cc(-c5ccc(C6=CCCC=C6)cc5)n3)cc2)cc14. The molecule has 6 unspecified atom stereocenters. The predicted molar refractivity (Wildman–Crippen MR) is 326 cm³/mol. The molecule has 380 valence electrons. The van der Waals surface area contributed by atoms with Crippen LogP contribution in [0.5, 0.6) is 0 Å². The summed E-state index contributed by atoms with van der Waals surface area (Å²) in [5.74, 6) is 1.85. The number of nitrogens with zero attached hydrogens (tertiary/aromatic N) is 2. The summed E-state index contributed by atoms with van der Waals surface area (Å²) in [6.07, 6.45) is 16.1. The van der Waals surface area contributed by atoms with Crippen molar-refractivity contribution in [2.75, 3.05) is 0 Å². The first-order valence-corrected chi connectivity index (χ1v) is 29.1. The van der Waals surface area contributed by atoms with Crippen LogP contribution in [-0.2, 0) is 16.2 Å². The van der Waals surface area contributed by atoms with Crippen LogP contribution < -0.4 is 0 Å². The van der Waals surface area contributed by atoms with E-state index in [4.69, 9.17) is 9.97 Å². The zero-order valence-electron chi connectivity index (χ0n) is 44.9. The lowest BCUT2D eigenvalue weighted by atomic mass is 9.39. The van der Waals surface area contributed by atoms with Gasteiger partial charge in [0.2, 0.25) is 0 Å². The third-order valence-electron chi connectivity index (χ3n) is 20.2. The van der Waals surface area contributed by atoms with Crippen LogP contribution >= 0.6 is 0 Å². The maximum atomic E-state index is 5.32. The molecule has 1 spiro atoms. The van der Waals surface area contributed by atoms with E-state index in [1.165, 1.54) is 86.0 Å². The first-order chi connectivity index (χ1) is 39.0. The predicted octanol–water partition coefficient (Wildman–Crippen LogP) is 19.5. The number of aryl methyl sites for hydroxylation is 1. The molecule has 16 rings (SSSR count). The fraction of sp³-hybridized carbons (Fsp3) is 0.195. The molecule has 1 aromatic heterocycles. The van der Waals surface area contributed by atoms with E-state index in [1.54, 1.807) is 22.3 Å². The molecule has 0 aliphatic heterocycles. The second kappa shape index (κ2) is 18.0. The maximum Gasteiger partial charge on any atom is 0.160 e. The van der Waals surface area contributed by atoms with Gasteiger partial charge >= 0.3 is 0 Å². The lowest BCUT2D eigenvalue weighted by molar-refractivity contribution is 0.00426. The smallest absolute Gasteiger partial charge is 0.160 e. The Labute approximate surface area is 465 Å². The molecular weight excluding hydrogens is 953 g/mol. The number of allylic oxidation sites excluding steroid dienone is 4. The average Bonchev–Trinajstić information content (AvgIpc) is 2.81. The van der Waals surface area contributed by atoms with Crippen molar-refractivity contribution < 1.29 is 0 Å². The number of rotatable bonds is 7. The van der Waals surface area contributed by atoms with Crippen LogP contribution in [0.25, 0.3) is 84.0 Å². The van der Waals surface area contributed by atoms with Crippen LogP contribution in [0, 0.1) is 12.8 Å². The molecule has 3 fully saturated rings. The summed E-state index contributed by atoms with van der Waals surface area (Å²) < 4.78 is 0. The number of benzene rings is 9. The quantitative estimate of drug-likeness (QED) is 0.159. The largest absolute Gasteiger partial charge is 0.228 e. The monoisotopic (exact) mass is 1010 g/mol. The molecule has 1 heterocycles. The van der Waals surface area contributed by atoms with Crippen LogP contribution in [0.2, 0.25) is 0 Å². The van der Waals surface area contributed by atoms with Crippen molar-refractivity contribution in [3.05, 3.63) is 282 Å². The van der Waals surface area contributed by atoms with Crippen LogP contribution in [0.1, 0.15) is 102 Å². The van der Waals surface area contributed by atoms with E-state index in [9.17, 15) is 0 Å². The van der Waals surface area contributed by atoms with Gasteiger partial charge in [0.25, 0.3) is 0 Å². The Balaban J connectivity index is 0.876. The lowest BCUT2D eigenvalue weighted by Gasteiger charge is -2.63.